The van der Waals surface area contributed by atoms with Crippen LogP contribution in [-0.4, -0.2) is 5.48 Å². The van der Waals surface area contributed by atoms with Crippen LogP contribution in [0, 0.1) is 0 Å². The molecule has 0 aromatic rings. The summed E-state index contributed by atoms with van der Waals surface area (Å²) < 4.78 is 0. The van der Waals surface area contributed by atoms with Gasteiger partial charge in [-0.2, -0.15) is 0 Å². The third-order valence-corrected chi connectivity index (χ3v) is 0. The maximum absolute atomic E-state index is 0. The van der Waals surface area contributed by atoms with Crippen LogP contribution in [0.3, 0.4) is 0 Å². The Kier molecular flexibility index (Phi) is 914. The molecule has 0 atom stereocenters. The molecule has 0 aliphatic heterocycles. The van der Waals surface area contributed by atoms with E-state index >= 15 is 0 Å². The predicted molar refractivity (Wildman–Crippen MR) is 1.94 cm³/mol. The molecule has 1 N–H and O–H groups in total. The van der Waals surface area contributed by atoms with Crippen molar-refractivity contribution in [2.45, 2.75) is 0 Å². The second kappa shape index (κ2) is 74.1. The molecule has 0 aromatic carbocycles. The average molecular weight is 334 g/mol. The van der Waals surface area contributed by atoms with Crippen LogP contribution in [0.2, 0.25) is 0 Å². The Bertz CT molecular complexity index is 12.4. The average Bonchev–Trinajstić information content (AvgIpc) is 0. The van der Waals surface area contributed by atoms with Gasteiger partial charge in [-0.1, -0.05) is 0 Å². The van der Waals surface area contributed by atoms with Crippen LogP contribution >= 0.6 is 0 Å². The molecular weight excluding hydrogens is 333 g/mol. The quantitative estimate of drug-likeness (QED) is 0.405. The van der Waals surface area contributed by atoms with Crippen LogP contribution < -0.4 is 113 Å². The topological polar surface area (TPSA) is 30.0 Å². The molecule has 0 radical (unpaired) electrons. The van der Waals surface area contributed by atoms with Crippen molar-refractivity contribution in [1.82, 2.24) is 0 Å². The van der Waals surface area contributed by atoms with Crippen molar-refractivity contribution in [3.05, 3.63) is 0 Å². The van der Waals surface area contributed by atoms with E-state index in [2.05, 4.69) is 0 Å². The molecule has 0 bridgehead atoms. The Hall–Kier alpha value is 3.67. The first kappa shape index (κ1) is 98.7. The van der Waals surface area contributed by atoms with Gasteiger partial charge in [0.25, 0.3) is 0 Å². The first-order valence-corrected chi connectivity index (χ1v) is 0. The van der Waals surface area contributed by atoms with E-state index in [-0.39, 0.29) is 138 Å². The fourth-order valence-corrected chi connectivity index (χ4v) is 0. The van der Waals surface area contributed by atoms with Crippen LogP contribution in [0.5, 0.6) is 0 Å². The maximum Gasteiger partial charge on any atom is 4.00 e. The van der Waals surface area contributed by atoms with Crippen LogP contribution in [0.4, 0.5) is 0 Å². The van der Waals surface area contributed by atoms with Gasteiger partial charge in [0.2, 0.25) is 0 Å². The third-order valence-electron chi connectivity index (χ3n) is 0. The van der Waals surface area contributed by atoms with Gasteiger partial charge in [0, 0.05) is 0 Å². The SMILES string of the molecule is [Cl-].[Cl-].[Cl-].[Cl-].[Cl-].[K+].[OH-].[Ru+4]. The Labute approximate surface area is 135 Å². The van der Waals surface area contributed by atoms with Crippen LogP contribution in [0.25, 0.3) is 0 Å². The Balaban J connectivity index is 0. The summed E-state index contributed by atoms with van der Waals surface area (Å²) in [6.45, 7) is 0. The summed E-state index contributed by atoms with van der Waals surface area (Å²) in [5, 5.41) is 0. The second-order valence-electron chi connectivity index (χ2n) is 0. The molecule has 0 aliphatic carbocycles. The molecule has 0 fully saturated rings. The molecule has 0 aliphatic rings. The van der Waals surface area contributed by atoms with E-state index in [0.29, 0.717) is 0 Å². The smallest absolute Gasteiger partial charge is 1.00 e. The van der Waals surface area contributed by atoms with Gasteiger partial charge >= 0.3 is 70.9 Å². The molecule has 0 unspecified atom stereocenters. The molecule has 1 nitrogen and oxygen atoms in total. The Morgan fingerprint density at radius 1 is 0.500 bits per heavy atom. The van der Waals surface area contributed by atoms with E-state index in [1.165, 1.54) is 0 Å². The fourth-order valence-electron chi connectivity index (χ4n) is 0. The minimum Gasteiger partial charge on any atom is -1.00 e. The standard InChI is InChI=1S/5ClH.K.H2O.Ru/h5*1H;;1H2;/q;;;;;+1;;+4/p-6. The summed E-state index contributed by atoms with van der Waals surface area (Å²) in [7, 11) is 0. The minimum absolute atomic E-state index is 0. The number of rotatable bonds is 0. The molecule has 0 heterocycles. The van der Waals surface area contributed by atoms with Crippen molar-refractivity contribution >= 4 is 0 Å². The van der Waals surface area contributed by atoms with Gasteiger partial charge in [-0.3, -0.25) is 0 Å². The Morgan fingerprint density at radius 3 is 0.500 bits per heavy atom. The van der Waals surface area contributed by atoms with Gasteiger partial charge in [0.1, 0.15) is 0 Å². The third kappa shape index (κ3) is 54.0. The van der Waals surface area contributed by atoms with Crippen molar-refractivity contribution < 1.29 is 138 Å². The summed E-state index contributed by atoms with van der Waals surface area (Å²) in [6.07, 6.45) is 0. The fraction of sp³-hybridized carbons (Fsp3) is 0. The number of halogens is 5. The van der Waals surface area contributed by atoms with Crippen LogP contribution in [-0.2, 0) is 19.5 Å². The van der Waals surface area contributed by atoms with Crippen molar-refractivity contribution in [2.24, 2.45) is 0 Å². The molecule has 52 valence electrons. The second-order valence-corrected chi connectivity index (χ2v) is 0. The first-order chi connectivity index (χ1) is 0. The van der Waals surface area contributed by atoms with E-state index < -0.39 is 0 Å². The molecular formula is HCl5KORu-. The van der Waals surface area contributed by atoms with Crippen molar-refractivity contribution in [2.75, 3.05) is 0 Å². The van der Waals surface area contributed by atoms with Gasteiger partial charge < -0.3 is 67.5 Å². The monoisotopic (exact) mass is 333 g/mol. The van der Waals surface area contributed by atoms with Crippen LogP contribution in [0.15, 0.2) is 0 Å². The Morgan fingerprint density at radius 2 is 0.500 bits per heavy atom. The molecule has 0 spiro atoms. The van der Waals surface area contributed by atoms with E-state index in [0.717, 1.165) is 0 Å². The normalized spacial score (nSPS) is 0. The van der Waals surface area contributed by atoms with Gasteiger partial charge in [0.15, 0.2) is 0 Å². The van der Waals surface area contributed by atoms with Gasteiger partial charge in [-0.25, -0.2) is 0 Å². The summed E-state index contributed by atoms with van der Waals surface area (Å²) in [5.74, 6) is 0. The van der Waals surface area contributed by atoms with Crippen LogP contribution in [0.1, 0.15) is 0 Å². The number of hydrogen-bond donors (Lipinski definition) is 0. The van der Waals surface area contributed by atoms with E-state index in [4.69, 9.17) is 0 Å². The van der Waals surface area contributed by atoms with Crippen molar-refractivity contribution in [1.29, 1.82) is 0 Å². The molecule has 0 aromatic heterocycles. The maximum atomic E-state index is 0. The summed E-state index contributed by atoms with van der Waals surface area (Å²) in [4.78, 5) is 0. The molecule has 8 heteroatoms. The van der Waals surface area contributed by atoms with Gasteiger partial charge in [-0.15, -0.1) is 0 Å². The van der Waals surface area contributed by atoms with Gasteiger partial charge in [-0.05, 0) is 0 Å². The van der Waals surface area contributed by atoms with Crippen molar-refractivity contribution in [3.8, 4) is 0 Å². The molecule has 8 heavy (non-hydrogen) atoms. The summed E-state index contributed by atoms with van der Waals surface area (Å²) in [5.41, 5.74) is 0. The van der Waals surface area contributed by atoms with E-state index in [1.807, 2.05) is 0 Å². The van der Waals surface area contributed by atoms with E-state index in [9.17, 15) is 0 Å². The zero-order chi connectivity index (χ0) is 0. The minimum atomic E-state index is 0. The zero-order valence-electron chi connectivity index (χ0n) is 3.69. The van der Waals surface area contributed by atoms with Gasteiger partial charge in [0.05, 0.1) is 0 Å². The molecule has 0 rings (SSSR count). The number of hydrogen-bond acceptors (Lipinski definition) is 1. The molecule has 0 saturated heterocycles. The molecule has 0 amide bonds. The summed E-state index contributed by atoms with van der Waals surface area (Å²) in [6, 6.07) is 0. The van der Waals surface area contributed by atoms with Crippen molar-refractivity contribution in [3.63, 3.8) is 0 Å². The first-order valence-electron chi connectivity index (χ1n) is 0. The zero-order valence-corrected chi connectivity index (χ0v) is 12.3. The predicted octanol–water partition coefficient (Wildman–Crippen LogP) is -18.2. The molecule has 0 saturated carbocycles. The summed E-state index contributed by atoms with van der Waals surface area (Å²) >= 11 is 0. The van der Waals surface area contributed by atoms with E-state index in [1.54, 1.807) is 0 Å². The largest absolute Gasteiger partial charge is 4.00 e.